The second-order valence-electron chi connectivity index (χ2n) is 5.79. The number of halogens is 2. The Morgan fingerprint density at radius 3 is 2.48 bits per heavy atom. The number of primary amides is 1. The van der Waals surface area contributed by atoms with E-state index in [2.05, 4.69) is 47.7 Å². The van der Waals surface area contributed by atoms with Crippen LogP contribution in [0.3, 0.4) is 0 Å². The lowest BCUT2D eigenvalue weighted by Crippen LogP contribution is -2.24. The second-order valence-corrected chi connectivity index (χ2v) is 7.38. The molecule has 2 aromatic rings. The van der Waals surface area contributed by atoms with E-state index in [9.17, 15) is 9.59 Å². The third-order valence-corrected chi connectivity index (χ3v) is 5.66. The first kappa shape index (κ1) is 22.7. The minimum absolute atomic E-state index is 0.213. The highest BCUT2D eigenvalue weighted by atomic mass is 79.9. The number of anilines is 1. The van der Waals surface area contributed by atoms with Crippen LogP contribution in [-0.4, -0.2) is 31.4 Å². The smallest absolute Gasteiger partial charge is 0.332 e. The molecule has 0 unspecified atom stereocenters. The van der Waals surface area contributed by atoms with Gasteiger partial charge < -0.3 is 20.5 Å². The topological polar surface area (TPSA) is 115 Å². The number of rotatable bonds is 8. The van der Waals surface area contributed by atoms with Gasteiger partial charge in [0, 0.05) is 15.7 Å². The van der Waals surface area contributed by atoms with Crippen molar-refractivity contribution in [3.63, 3.8) is 0 Å². The Labute approximate surface area is 185 Å². The maximum absolute atomic E-state index is 12.2. The van der Waals surface area contributed by atoms with Crippen molar-refractivity contribution in [3.05, 3.63) is 50.4 Å². The molecule has 2 rings (SSSR count). The van der Waals surface area contributed by atoms with Gasteiger partial charge >= 0.3 is 6.03 Å². The zero-order valence-corrected chi connectivity index (χ0v) is 19.0. The van der Waals surface area contributed by atoms with Crippen molar-refractivity contribution in [3.8, 4) is 11.5 Å². The van der Waals surface area contributed by atoms with Gasteiger partial charge in [0.2, 0.25) is 0 Å². The Bertz CT molecular complexity index is 917. The molecule has 0 aliphatic carbocycles. The first-order valence-corrected chi connectivity index (χ1v) is 10.1. The molecular formula is C19H20Br2N4O4. The van der Waals surface area contributed by atoms with Crippen molar-refractivity contribution in [1.82, 2.24) is 5.43 Å². The van der Waals surface area contributed by atoms with Crippen molar-refractivity contribution in [2.24, 2.45) is 10.8 Å². The summed E-state index contributed by atoms with van der Waals surface area (Å²) in [5.74, 6) is 0.458. The van der Waals surface area contributed by atoms with Crippen LogP contribution in [0.5, 0.6) is 11.5 Å². The summed E-state index contributed by atoms with van der Waals surface area (Å²) >= 11 is 6.87. The number of ether oxygens (including phenoxy) is 2. The number of aryl methyl sites for hydroxylation is 1. The van der Waals surface area contributed by atoms with E-state index < -0.39 is 6.03 Å². The lowest BCUT2D eigenvalue weighted by atomic mass is 10.2. The van der Waals surface area contributed by atoms with E-state index in [1.807, 2.05) is 38.1 Å². The fourth-order valence-corrected chi connectivity index (χ4v) is 3.17. The molecule has 8 nitrogen and oxygen atoms in total. The molecule has 0 saturated carbocycles. The number of benzene rings is 2. The average Bonchev–Trinajstić information content (AvgIpc) is 2.67. The number of hydrazone groups is 1. The van der Waals surface area contributed by atoms with Gasteiger partial charge in [-0.15, -0.1) is 0 Å². The molecule has 2 aromatic carbocycles. The highest BCUT2D eigenvalue weighted by Gasteiger charge is 2.18. The van der Waals surface area contributed by atoms with Crippen molar-refractivity contribution >= 4 is 55.7 Å². The van der Waals surface area contributed by atoms with E-state index >= 15 is 0 Å². The number of amides is 3. The molecule has 0 spiro atoms. The average molecular weight is 528 g/mol. The van der Waals surface area contributed by atoms with Gasteiger partial charge in [-0.2, -0.15) is 5.10 Å². The molecule has 0 aliphatic heterocycles. The monoisotopic (exact) mass is 526 g/mol. The summed E-state index contributed by atoms with van der Waals surface area (Å²) in [6.07, 6.45) is 1.40. The molecular weight excluding hydrogens is 508 g/mol. The number of carbonyl (C=O) groups is 2. The summed E-state index contributed by atoms with van der Waals surface area (Å²) in [6, 6.07) is 8.34. The summed E-state index contributed by atoms with van der Waals surface area (Å²) in [5, 5.41) is 6.51. The summed E-state index contributed by atoms with van der Waals surface area (Å²) in [7, 11) is 0. The van der Waals surface area contributed by atoms with Crippen LogP contribution in [0.25, 0.3) is 0 Å². The Kier molecular flexibility index (Phi) is 8.47. The van der Waals surface area contributed by atoms with Crippen molar-refractivity contribution in [2.45, 2.75) is 13.8 Å². The zero-order chi connectivity index (χ0) is 21.4. The molecule has 154 valence electrons. The van der Waals surface area contributed by atoms with Crippen LogP contribution in [0.2, 0.25) is 0 Å². The van der Waals surface area contributed by atoms with Gasteiger partial charge in [-0.25, -0.2) is 10.2 Å². The van der Waals surface area contributed by atoms with Crippen LogP contribution in [0.15, 0.2) is 44.4 Å². The van der Waals surface area contributed by atoms with Gasteiger partial charge in [-0.3, -0.25) is 4.79 Å². The van der Waals surface area contributed by atoms with Gasteiger partial charge in [0.25, 0.3) is 5.91 Å². The highest BCUT2D eigenvalue weighted by molar-refractivity contribution is 9.13. The van der Waals surface area contributed by atoms with E-state index in [0.29, 0.717) is 38.3 Å². The summed E-state index contributed by atoms with van der Waals surface area (Å²) in [5.41, 5.74) is 9.50. The maximum Gasteiger partial charge on any atom is 0.332 e. The minimum Gasteiger partial charge on any atom is -0.490 e. The number of hydrogen-bond acceptors (Lipinski definition) is 5. The third-order valence-electron chi connectivity index (χ3n) is 3.52. The van der Waals surface area contributed by atoms with E-state index in [-0.39, 0.29) is 12.5 Å². The molecule has 0 heterocycles. The highest BCUT2D eigenvalue weighted by Crippen LogP contribution is 2.42. The molecule has 29 heavy (non-hydrogen) atoms. The maximum atomic E-state index is 12.2. The second kappa shape index (κ2) is 10.8. The molecule has 0 radical (unpaired) electrons. The lowest BCUT2D eigenvalue weighted by molar-refractivity contribution is -0.118. The van der Waals surface area contributed by atoms with Gasteiger partial charge in [0.1, 0.15) is 0 Å². The SMILES string of the molecule is CCOc1cc(C=NNC(N)=O)c(Br)c(Br)c1OCC(=O)Nc1ccc(C)cc1. The largest absolute Gasteiger partial charge is 0.490 e. The summed E-state index contributed by atoms with van der Waals surface area (Å²) in [4.78, 5) is 23.0. The quantitative estimate of drug-likeness (QED) is 0.356. The number of carbonyl (C=O) groups excluding carboxylic acids is 2. The van der Waals surface area contributed by atoms with Crippen molar-refractivity contribution < 1.29 is 19.1 Å². The van der Waals surface area contributed by atoms with Crippen LogP contribution in [0, 0.1) is 6.92 Å². The number of hydrogen-bond donors (Lipinski definition) is 3. The third kappa shape index (κ3) is 6.75. The molecule has 0 aromatic heterocycles. The van der Waals surface area contributed by atoms with Gasteiger partial charge in [-0.1, -0.05) is 17.7 Å². The number of nitrogens with one attached hydrogen (secondary N) is 2. The van der Waals surface area contributed by atoms with Crippen LogP contribution in [0.4, 0.5) is 10.5 Å². The molecule has 0 atom stereocenters. The van der Waals surface area contributed by atoms with Crippen LogP contribution < -0.4 is 25.9 Å². The van der Waals surface area contributed by atoms with Crippen molar-refractivity contribution in [1.29, 1.82) is 0 Å². The number of nitrogens with zero attached hydrogens (tertiary/aromatic N) is 1. The fourth-order valence-electron chi connectivity index (χ4n) is 2.23. The zero-order valence-electron chi connectivity index (χ0n) is 15.8. The Balaban J connectivity index is 2.16. The molecule has 0 bridgehead atoms. The summed E-state index contributed by atoms with van der Waals surface area (Å²) < 4.78 is 12.5. The molecule has 3 amide bonds. The molecule has 10 heteroatoms. The van der Waals surface area contributed by atoms with E-state index in [1.54, 1.807) is 6.07 Å². The molecule has 0 saturated heterocycles. The standard InChI is InChI=1S/C19H20Br2N4O4/c1-3-28-14-8-12(9-23-25-19(22)27)16(20)17(21)18(14)29-10-15(26)24-13-6-4-11(2)5-7-13/h4-9H,3,10H2,1-2H3,(H,24,26)(H3,22,25,27). The molecule has 0 fully saturated rings. The first-order chi connectivity index (χ1) is 13.8. The number of nitrogens with two attached hydrogens (primary N) is 1. The van der Waals surface area contributed by atoms with Crippen molar-refractivity contribution in [2.75, 3.05) is 18.5 Å². The van der Waals surface area contributed by atoms with Gasteiger partial charge in [0.05, 0.1) is 17.3 Å². The Morgan fingerprint density at radius 2 is 1.86 bits per heavy atom. The fraction of sp³-hybridized carbons (Fsp3) is 0.211. The van der Waals surface area contributed by atoms with Crippen LogP contribution >= 0.6 is 31.9 Å². The van der Waals surface area contributed by atoms with Gasteiger partial charge in [-0.05, 0) is 63.9 Å². The van der Waals surface area contributed by atoms with E-state index in [4.69, 9.17) is 15.2 Å². The Hall–Kier alpha value is -2.59. The van der Waals surface area contributed by atoms with Gasteiger partial charge in [0.15, 0.2) is 18.1 Å². The molecule has 4 N–H and O–H groups in total. The summed E-state index contributed by atoms with van der Waals surface area (Å²) in [6.45, 7) is 3.97. The minimum atomic E-state index is -0.777. The van der Waals surface area contributed by atoms with Crippen LogP contribution in [-0.2, 0) is 4.79 Å². The molecule has 0 aliphatic rings. The normalized spacial score (nSPS) is 10.6. The predicted octanol–water partition coefficient (Wildman–Crippen LogP) is 3.94. The van der Waals surface area contributed by atoms with E-state index in [1.165, 1.54) is 6.21 Å². The number of urea groups is 1. The lowest BCUT2D eigenvalue weighted by Gasteiger charge is -2.16. The van der Waals surface area contributed by atoms with Crippen LogP contribution in [0.1, 0.15) is 18.1 Å². The van der Waals surface area contributed by atoms with E-state index in [0.717, 1.165) is 5.56 Å². The predicted molar refractivity (Wildman–Crippen MR) is 119 cm³/mol. The first-order valence-electron chi connectivity index (χ1n) is 8.54. The Morgan fingerprint density at radius 1 is 1.17 bits per heavy atom.